The zero-order chi connectivity index (χ0) is 21.8. The highest BCUT2D eigenvalue weighted by Crippen LogP contribution is 2.34. The Morgan fingerprint density at radius 1 is 1.06 bits per heavy atom. The van der Waals surface area contributed by atoms with Gasteiger partial charge in [-0.2, -0.15) is 0 Å². The Balaban J connectivity index is 1.42. The highest BCUT2D eigenvalue weighted by atomic mass is 35.5. The normalized spacial score (nSPS) is 15.5. The van der Waals surface area contributed by atoms with Gasteiger partial charge in [0.1, 0.15) is 10.8 Å². The van der Waals surface area contributed by atoms with Crippen LogP contribution in [0.1, 0.15) is 33.7 Å². The van der Waals surface area contributed by atoms with Gasteiger partial charge in [0, 0.05) is 22.9 Å². The third-order valence-electron chi connectivity index (χ3n) is 4.88. The fraction of sp³-hybridized carbons (Fsp3) is 0.238. The Hall–Kier alpha value is -3.17. The number of halogens is 1. The lowest BCUT2D eigenvalue weighted by atomic mass is 10.2. The van der Waals surface area contributed by atoms with Gasteiger partial charge in [-0.1, -0.05) is 22.9 Å². The van der Waals surface area contributed by atoms with Gasteiger partial charge in [0.05, 0.1) is 13.2 Å². The van der Waals surface area contributed by atoms with E-state index in [4.69, 9.17) is 16.3 Å². The van der Waals surface area contributed by atoms with E-state index in [-0.39, 0.29) is 23.0 Å². The fourth-order valence-corrected chi connectivity index (χ4v) is 4.33. The molecule has 3 aromatic rings. The third kappa shape index (κ3) is 4.95. The first-order valence-electron chi connectivity index (χ1n) is 9.65. The van der Waals surface area contributed by atoms with Crippen LogP contribution in [0.4, 0.5) is 16.2 Å². The number of carbonyl (C=O) groups is 2. The van der Waals surface area contributed by atoms with Crippen LogP contribution >= 0.6 is 22.9 Å². The van der Waals surface area contributed by atoms with E-state index in [9.17, 15) is 9.59 Å². The number of methoxy groups -OCH3 is 1. The molecule has 2 heterocycles. The molecule has 160 valence electrons. The molecule has 1 saturated heterocycles. The summed E-state index contributed by atoms with van der Waals surface area (Å²) in [5, 5.41) is 15.4. The summed E-state index contributed by atoms with van der Waals surface area (Å²) in [6.45, 7) is 0.610. The molecule has 0 spiro atoms. The summed E-state index contributed by atoms with van der Waals surface area (Å²) in [5.74, 6) is 0.369. The maximum Gasteiger partial charge on any atom is 0.322 e. The molecule has 0 radical (unpaired) electrons. The summed E-state index contributed by atoms with van der Waals surface area (Å²) >= 11 is 7.06. The van der Waals surface area contributed by atoms with Gasteiger partial charge in [-0.05, 0) is 61.4 Å². The van der Waals surface area contributed by atoms with Gasteiger partial charge >= 0.3 is 6.03 Å². The SMILES string of the molecule is COc1ccc(NC(=O)N2CCCC2c2nnc(C(=O)Nc3ccc(Cl)cc3)s2)cc1. The molecule has 2 N–H and O–H groups in total. The van der Waals surface area contributed by atoms with Gasteiger partial charge in [0.15, 0.2) is 0 Å². The van der Waals surface area contributed by atoms with E-state index in [0.29, 0.717) is 27.9 Å². The lowest BCUT2D eigenvalue weighted by Gasteiger charge is -2.23. The van der Waals surface area contributed by atoms with Crippen molar-refractivity contribution in [3.63, 3.8) is 0 Å². The van der Waals surface area contributed by atoms with E-state index in [1.54, 1.807) is 60.5 Å². The number of aromatic nitrogens is 2. The summed E-state index contributed by atoms with van der Waals surface area (Å²) in [7, 11) is 1.59. The van der Waals surface area contributed by atoms with Crippen LogP contribution < -0.4 is 15.4 Å². The van der Waals surface area contributed by atoms with Crippen molar-refractivity contribution in [1.82, 2.24) is 15.1 Å². The Morgan fingerprint density at radius 3 is 2.45 bits per heavy atom. The molecule has 0 aliphatic carbocycles. The smallest absolute Gasteiger partial charge is 0.322 e. The van der Waals surface area contributed by atoms with Gasteiger partial charge in [0.2, 0.25) is 5.01 Å². The van der Waals surface area contributed by atoms with Crippen molar-refractivity contribution in [2.45, 2.75) is 18.9 Å². The molecule has 1 aliphatic rings. The van der Waals surface area contributed by atoms with Crippen LogP contribution in [0.15, 0.2) is 48.5 Å². The van der Waals surface area contributed by atoms with Crippen LogP contribution in [0.25, 0.3) is 0 Å². The zero-order valence-electron chi connectivity index (χ0n) is 16.7. The van der Waals surface area contributed by atoms with Crippen molar-refractivity contribution < 1.29 is 14.3 Å². The summed E-state index contributed by atoms with van der Waals surface area (Å²) < 4.78 is 5.14. The predicted molar refractivity (Wildman–Crippen MR) is 120 cm³/mol. The first kappa shape index (κ1) is 21.1. The molecule has 1 fully saturated rings. The molecule has 1 unspecified atom stereocenters. The average Bonchev–Trinajstić information content (AvgIpc) is 3.45. The van der Waals surface area contributed by atoms with Crippen LogP contribution in [0, 0.1) is 0 Å². The molecule has 1 aromatic heterocycles. The van der Waals surface area contributed by atoms with Crippen LogP contribution in [0.5, 0.6) is 5.75 Å². The quantitative estimate of drug-likeness (QED) is 0.572. The fourth-order valence-electron chi connectivity index (χ4n) is 3.31. The second kappa shape index (κ2) is 9.32. The second-order valence-corrected chi connectivity index (χ2v) is 8.36. The van der Waals surface area contributed by atoms with E-state index in [1.165, 1.54) is 11.3 Å². The molecule has 0 saturated carbocycles. The van der Waals surface area contributed by atoms with Gasteiger partial charge in [-0.25, -0.2) is 4.79 Å². The molecule has 2 aromatic carbocycles. The van der Waals surface area contributed by atoms with Crippen molar-refractivity contribution in [2.75, 3.05) is 24.3 Å². The zero-order valence-corrected chi connectivity index (χ0v) is 18.2. The minimum Gasteiger partial charge on any atom is -0.497 e. The standard InChI is InChI=1S/C21H20ClN5O3S/c1-30-16-10-8-15(9-11-16)24-21(29)27-12-2-3-17(27)19-25-26-20(31-19)18(28)23-14-6-4-13(22)5-7-14/h4-11,17H,2-3,12H2,1H3,(H,23,28)(H,24,29). The van der Waals surface area contributed by atoms with Crippen molar-refractivity contribution in [3.05, 3.63) is 63.6 Å². The molecule has 8 nitrogen and oxygen atoms in total. The minimum atomic E-state index is -0.349. The number of likely N-dealkylation sites (tertiary alicyclic amines) is 1. The first-order valence-corrected chi connectivity index (χ1v) is 10.8. The minimum absolute atomic E-state index is 0.213. The third-order valence-corrected chi connectivity index (χ3v) is 6.15. The molecule has 31 heavy (non-hydrogen) atoms. The monoisotopic (exact) mass is 457 g/mol. The Bertz CT molecular complexity index is 1070. The Morgan fingerprint density at radius 2 is 1.74 bits per heavy atom. The van der Waals surface area contributed by atoms with E-state index >= 15 is 0 Å². The number of carbonyl (C=O) groups excluding carboxylic acids is 2. The van der Waals surface area contributed by atoms with E-state index in [2.05, 4.69) is 20.8 Å². The number of hydrogen-bond acceptors (Lipinski definition) is 6. The molecule has 1 atom stereocenters. The van der Waals surface area contributed by atoms with Crippen LogP contribution in [0.3, 0.4) is 0 Å². The number of hydrogen-bond donors (Lipinski definition) is 2. The van der Waals surface area contributed by atoms with E-state index in [1.807, 2.05) is 0 Å². The van der Waals surface area contributed by atoms with Gasteiger partial charge < -0.3 is 20.3 Å². The maximum atomic E-state index is 12.8. The van der Waals surface area contributed by atoms with Crippen LogP contribution in [0.2, 0.25) is 5.02 Å². The van der Waals surface area contributed by atoms with E-state index < -0.39 is 0 Å². The molecule has 0 bridgehead atoms. The van der Waals surface area contributed by atoms with Crippen molar-refractivity contribution in [2.24, 2.45) is 0 Å². The molecule has 10 heteroatoms. The molecule has 4 rings (SSSR count). The lowest BCUT2D eigenvalue weighted by Crippen LogP contribution is -2.34. The van der Waals surface area contributed by atoms with Crippen LogP contribution in [-0.4, -0.2) is 40.7 Å². The van der Waals surface area contributed by atoms with Gasteiger partial charge in [-0.3, -0.25) is 4.79 Å². The van der Waals surface area contributed by atoms with Gasteiger partial charge in [-0.15, -0.1) is 10.2 Å². The summed E-state index contributed by atoms with van der Waals surface area (Å²) in [5.41, 5.74) is 1.30. The Labute approximate surface area is 188 Å². The highest BCUT2D eigenvalue weighted by Gasteiger charge is 2.33. The number of ether oxygens (including phenoxy) is 1. The number of amides is 3. The second-order valence-electron chi connectivity index (χ2n) is 6.92. The van der Waals surface area contributed by atoms with Gasteiger partial charge in [0.25, 0.3) is 5.91 Å². The summed E-state index contributed by atoms with van der Waals surface area (Å²) in [4.78, 5) is 27.0. The number of rotatable bonds is 5. The van der Waals surface area contributed by atoms with E-state index in [0.717, 1.165) is 18.6 Å². The summed E-state index contributed by atoms with van der Waals surface area (Å²) in [6, 6.07) is 13.5. The molecule has 3 amide bonds. The maximum absolute atomic E-state index is 12.8. The number of nitrogens with zero attached hydrogens (tertiary/aromatic N) is 3. The first-order chi connectivity index (χ1) is 15.0. The topological polar surface area (TPSA) is 96.4 Å². The van der Waals surface area contributed by atoms with Crippen molar-refractivity contribution in [1.29, 1.82) is 0 Å². The molecule has 1 aliphatic heterocycles. The largest absolute Gasteiger partial charge is 0.497 e. The predicted octanol–water partition coefficient (Wildman–Crippen LogP) is 4.82. The summed E-state index contributed by atoms with van der Waals surface area (Å²) in [6.07, 6.45) is 1.62. The Kier molecular flexibility index (Phi) is 6.34. The number of benzene rings is 2. The molecular formula is C21H20ClN5O3S. The molecular weight excluding hydrogens is 438 g/mol. The number of nitrogens with one attached hydrogen (secondary N) is 2. The lowest BCUT2D eigenvalue weighted by molar-refractivity contribution is 0.102. The number of urea groups is 1. The average molecular weight is 458 g/mol. The van der Waals surface area contributed by atoms with Crippen molar-refractivity contribution >= 4 is 46.3 Å². The van der Waals surface area contributed by atoms with Crippen molar-refractivity contribution in [3.8, 4) is 5.75 Å². The highest BCUT2D eigenvalue weighted by molar-refractivity contribution is 7.13. The van der Waals surface area contributed by atoms with Crippen LogP contribution in [-0.2, 0) is 0 Å². The number of anilines is 2.